The average molecular weight is 421 g/mol. The van der Waals surface area contributed by atoms with E-state index in [1.54, 1.807) is 11.3 Å². The third kappa shape index (κ3) is 5.16. The zero-order chi connectivity index (χ0) is 21.5. The van der Waals surface area contributed by atoms with Crippen molar-refractivity contribution in [2.75, 3.05) is 13.2 Å². The summed E-state index contributed by atoms with van der Waals surface area (Å²) in [7, 11) is 0. The Bertz CT molecular complexity index is 983. The van der Waals surface area contributed by atoms with Crippen LogP contribution in [-0.2, 0) is 11.3 Å². The second-order valence-corrected chi connectivity index (χ2v) is 8.43. The van der Waals surface area contributed by atoms with Gasteiger partial charge in [-0.05, 0) is 55.7 Å². The summed E-state index contributed by atoms with van der Waals surface area (Å²) >= 11 is 1.76. The highest BCUT2D eigenvalue weighted by molar-refractivity contribution is 7.12. The lowest BCUT2D eigenvalue weighted by molar-refractivity contribution is -0.127. The molecule has 0 fully saturated rings. The molecule has 30 heavy (non-hydrogen) atoms. The van der Waals surface area contributed by atoms with E-state index in [-0.39, 0.29) is 11.8 Å². The first-order chi connectivity index (χ1) is 14.5. The quantitative estimate of drug-likeness (QED) is 0.428. The molecule has 0 aliphatic carbocycles. The average Bonchev–Trinajstić information content (AvgIpc) is 3.13. The number of amides is 1. The number of thiophene rings is 1. The fourth-order valence-corrected chi connectivity index (χ4v) is 4.68. The van der Waals surface area contributed by atoms with Crippen LogP contribution in [0.3, 0.4) is 0 Å². The van der Waals surface area contributed by atoms with E-state index in [1.165, 1.54) is 21.4 Å². The molecule has 4 nitrogen and oxygen atoms in total. The van der Waals surface area contributed by atoms with Crippen LogP contribution in [0.1, 0.15) is 40.6 Å². The zero-order valence-corrected chi connectivity index (χ0v) is 18.6. The van der Waals surface area contributed by atoms with E-state index in [0.29, 0.717) is 25.6 Å². The summed E-state index contributed by atoms with van der Waals surface area (Å²) in [6.07, 6.45) is 13.6. The molecule has 0 aromatic carbocycles. The maximum atomic E-state index is 12.3. The molecule has 1 aliphatic rings. The Hall–Kier alpha value is -2.92. The topological polar surface area (TPSA) is 42.4 Å². The van der Waals surface area contributed by atoms with Gasteiger partial charge >= 0.3 is 0 Å². The molecule has 1 aliphatic heterocycles. The van der Waals surface area contributed by atoms with E-state index in [0.717, 1.165) is 11.1 Å². The standard InChI is InChI=1S/C25H28N2O2S/c1-5-8-9-10-19(20-11-12-24(26-15-20)29-7-3)14-21-16-27(25(28)6-2)17-23-22(21)13-18(4)30-23/h5-6,8-15,21H,2,7,16-17H2,1,3-4H3/b8-5-,10-9-,19-14-/t21-/m0/s1. The molecule has 0 saturated carbocycles. The predicted octanol–water partition coefficient (Wildman–Crippen LogP) is 5.68. The minimum absolute atomic E-state index is 0.0288. The van der Waals surface area contributed by atoms with Gasteiger partial charge in [0.05, 0.1) is 13.2 Å². The van der Waals surface area contributed by atoms with Gasteiger partial charge in [0, 0.05) is 34.5 Å². The SMILES string of the molecule is C=CC(=O)N1Cc2sc(C)cc2[C@@H](/C=C(/C=C\C=C/C)c2ccc(OCC)nc2)C1. The number of hydrogen-bond donors (Lipinski definition) is 0. The summed E-state index contributed by atoms with van der Waals surface area (Å²) in [5.74, 6) is 0.701. The molecule has 3 rings (SSSR count). The first-order valence-corrected chi connectivity index (χ1v) is 11.0. The number of aryl methyl sites for hydroxylation is 1. The molecular formula is C25H28N2O2S. The van der Waals surface area contributed by atoms with Gasteiger partial charge in [-0.2, -0.15) is 0 Å². The molecule has 0 unspecified atom stereocenters. The fourth-order valence-electron chi connectivity index (χ4n) is 3.55. The summed E-state index contributed by atoms with van der Waals surface area (Å²) in [5, 5.41) is 0. The van der Waals surface area contributed by atoms with Crippen molar-refractivity contribution in [2.24, 2.45) is 0 Å². The van der Waals surface area contributed by atoms with Gasteiger partial charge in [0.15, 0.2) is 0 Å². The van der Waals surface area contributed by atoms with E-state index in [2.05, 4.69) is 36.7 Å². The molecule has 0 spiro atoms. The van der Waals surface area contributed by atoms with Crippen molar-refractivity contribution in [1.29, 1.82) is 0 Å². The maximum Gasteiger partial charge on any atom is 0.246 e. The number of aromatic nitrogens is 1. The molecule has 156 valence electrons. The Morgan fingerprint density at radius 3 is 2.90 bits per heavy atom. The molecule has 2 aromatic heterocycles. The smallest absolute Gasteiger partial charge is 0.246 e. The summed E-state index contributed by atoms with van der Waals surface area (Å²) in [5.41, 5.74) is 3.39. The highest BCUT2D eigenvalue weighted by Crippen LogP contribution is 2.37. The number of carbonyl (C=O) groups is 1. The number of rotatable bonds is 7. The van der Waals surface area contributed by atoms with E-state index >= 15 is 0 Å². The van der Waals surface area contributed by atoms with Gasteiger partial charge in [-0.25, -0.2) is 4.98 Å². The van der Waals surface area contributed by atoms with Crippen molar-refractivity contribution in [2.45, 2.75) is 33.2 Å². The Morgan fingerprint density at radius 2 is 2.23 bits per heavy atom. The minimum Gasteiger partial charge on any atom is -0.478 e. The Balaban J connectivity index is 2.01. The fraction of sp³-hybridized carbons (Fsp3) is 0.280. The number of hydrogen-bond acceptors (Lipinski definition) is 4. The molecule has 0 saturated heterocycles. The van der Waals surface area contributed by atoms with Gasteiger partial charge in [0.25, 0.3) is 0 Å². The predicted molar refractivity (Wildman–Crippen MR) is 125 cm³/mol. The summed E-state index contributed by atoms with van der Waals surface area (Å²) in [6, 6.07) is 6.17. The van der Waals surface area contributed by atoms with Gasteiger partial charge in [-0.1, -0.05) is 37.0 Å². The third-order valence-corrected chi connectivity index (χ3v) is 5.98. The summed E-state index contributed by atoms with van der Waals surface area (Å²) < 4.78 is 5.48. The van der Waals surface area contributed by atoms with Crippen molar-refractivity contribution < 1.29 is 9.53 Å². The van der Waals surface area contributed by atoms with Crippen LogP contribution in [0.5, 0.6) is 5.88 Å². The summed E-state index contributed by atoms with van der Waals surface area (Å²) in [4.78, 5) is 21.1. The van der Waals surface area contributed by atoms with Crippen molar-refractivity contribution in [3.8, 4) is 5.88 Å². The zero-order valence-electron chi connectivity index (χ0n) is 17.8. The van der Waals surface area contributed by atoms with Crippen LogP contribution in [0.4, 0.5) is 0 Å². The molecule has 3 heterocycles. The van der Waals surface area contributed by atoms with Gasteiger partial charge in [0.2, 0.25) is 11.8 Å². The number of pyridine rings is 1. The molecule has 2 aromatic rings. The van der Waals surface area contributed by atoms with Crippen LogP contribution in [-0.4, -0.2) is 28.9 Å². The highest BCUT2D eigenvalue weighted by atomic mass is 32.1. The molecule has 1 atom stereocenters. The van der Waals surface area contributed by atoms with Crippen molar-refractivity contribution >= 4 is 22.8 Å². The lowest BCUT2D eigenvalue weighted by Crippen LogP contribution is -2.36. The monoisotopic (exact) mass is 420 g/mol. The summed E-state index contributed by atoms with van der Waals surface area (Å²) in [6.45, 7) is 11.6. The normalized spacial score (nSPS) is 16.8. The Labute approximate surface area is 182 Å². The van der Waals surface area contributed by atoms with E-state index in [4.69, 9.17) is 4.74 Å². The number of fused-ring (bicyclic) bond motifs is 1. The van der Waals surface area contributed by atoms with Gasteiger partial charge < -0.3 is 9.64 Å². The minimum atomic E-state index is -0.0288. The number of allylic oxidation sites excluding steroid dienone is 5. The van der Waals surface area contributed by atoms with Crippen LogP contribution in [0.2, 0.25) is 0 Å². The van der Waals surface area contributed by atoms with E-state index in [9.17, 15) is 4.79 Å². The Kier molecular flexibility index (Phi) is 7.41. The largest absolute Gasteiger partial charge is 0.478 e. The number of ether oxygens (including phenoxy) is 1. The molecule has 0 radical (unpaired) electrons. The maximum absolute atomic E-state index is 12.3. The highest BCUT2D eigenvalue weighted by Gasteiger charge is 2.28. The van der Waals surface area contributed by atoms with E-state index in [1.807, 2.05) is 55.3 Å². The molecular weight excluding hydrogens is 392 g/mol. The first kappa shape index (κ1) is 21.8. The van der Waals surface area contributed by atoms with Gasteiger partial charge in [-0.15, -0.1) is 11.3 Å². The van der Waals surface area contributed by atoms with Crippen LogP contribution in [0.15, 0.2) is 67.4 Å². The number of nitrogens with zero attached hydrogens (tertiary/aromatic N) is 2. The van der Waals surface area contributed by atoms with Crippen molar-refractivity contribution in [3.05, 3.63) is 88.3 Å². The van der Waals surface area contributed by atoms with Crippen molar-refractivity contribution in [1.82, 2.24) is 9.88 Å². The lowest BCUT2D eigenvalue weighted by atomic mass is 9.91. The first-order valence-electron chi connectivity index (χ1n) is 10.2. The van der Waals surface area contributed by atoms with Gasteiger partial charge in [-0.3, -0.25) is 4.79 Å². The van der Waals surface area contributed by atoms with Crippen LogP contribution in [0, 0.1) is 6.92 Å². The molecule has 0 bridgehead atoms. The Morgan fingerprint density at radius 1 is 1.40 bits per heavy atom. The third-order valence-electron chi connectivity index (χ3n) is 4.92. The second-order valence-electron chi connectivity index (χ2n) is 7.09. The van der Waals surface area contributed by atoms with Gasteiger partial charge in [0.1, 0.15) is 0 Å². The van der Waals surface area contributed by atoms with E-state index < -0.39 is 0 Å². The molecule has 0 N–H and O–H groups in total. The van der Waals surface area contributed by atoms with Crippen LogP contribution < -0.4 is 4.74 Å². The lowest BCUT2D eigenvalue weighted by Gasteiger charge is -2.31. The van der Waals surface area contributed by atoms with Crippen LogP contribution in [0.25, 0.3) is 5.57 Å². The molecule has 5 heteroatoms. The van der Waals surface area contributed by atoms with Crippen LogP contribution >= 0.6 is 11.3 Å². The number of carbonyl (C=O) groups excluding carboxylic acids is 1. The second kappa shape index (κ2) is 10.2. The molecule has 1 amide bonds. The van der Waals surface area contributed by atoms with Crippen molar-refractivity contribution in [3.63, 3.8) is 0 Å².